The van der Waals surface area contributed by atoms with Gasteiger partial charge in [0, 0.05) is 6.42 Å². The van der Waals surface area contributed by atoms with E-state index in [4.69, 9.17) is 13.9 Å². The van der Waals surface area contributed by atoms with Crippen LogP contribution in [0.4, 0.5) is 36.8 Å². The smallest absolute Gasteiger partial charge is 0.426 e. The Labute approximate surface area is 223 Å². The van der Waals surface area contributed by atoms with Crippen molar-refractivity contribution in [3.05, 3.63) is 66.1 Å². The third-order valence-electron chi connectivity index (χ3n) is 5.47. The standard InChI is InChI=1S/C25H24F6N4O5/c1-3-5-12-38-22(37)32-17-13-16(24(26,27)28)19(36)33-18(17)20-34-35-21(40-20)23(11-4-2,25(29,30)31)39-14-15-9-7-6-8-10-15/h4,6-10,13H,2-3,5,11-12,14H2,1H3,(H,32,37)(H,33,36)/t23-/m1/s1. The molecule has 2 aromatic heterocycles. The van der Waals surface area contributed by atoms with Crippen LogP contribution in [0, 0.1) is 0 Å². The van der Waals surface area contributed by atoms with Crippen molar-refractivity contribution in [2.24, 2.45) is 0 Å². The summed E-state index contributed by atoms with van der Waals surface area (Å²) >= 11 is 0. The molecule has 1 amide bonds. The lowest BCUT2D eigenvalue weighted by Gasteiger charge is -2.31. The first-order valence-corrected chi connectivity index (χ1v) is 11.8. The van der Waals surface area contributed by atoms with Gasteiger partial charge in [-0.25, -0.2) is 9.78 Å². The fourth-order valence-electron chi connectivity index (χ4n) is 3.42. The van der Waals surface area contributed by atoms with Gasteiger partial charge in [0.05, 0.1) is 18.9 Å². The van der Waals surface area contributed by atoms with Crippen LogP contribution >= 0.6 is 0 Å². The van der Waals surface area contributed by atoms with Crippen molar-refractivity contribution < 1.29 is 50.1 Å². The Kier molecular flexibility index (Phi) is 9.40. The second-order valence-corrected chi connectivity index (χ2v) is 8.37. The average molecular weight is 574 g/mol. The van der Waals surface area contributed by atoms with Crippen molar-refractivity contribution in [1.29, 1.82) is 0 Å². The number of nitrogens with zero attached hydrogens (tertiary/aromatic N) is 3. The molecule has 40 heavy (non-hydrogen) atoms. The summed E-state index contributed by atoms with van der Waals surface area (Å²) in [5, 5.41) is 18.9. The SMILES string of the molecule is C=CC[C@@](OCc1ccccc1)(c1nnc(-c2nc(O)c(C(F)(F)F)cc2NC(=O)OCCCC)o1)C(F)(F)F. The number of hydrogen-bond acceptors (Lipinski definition) is 8. The number of rotatable bonds is 11. The largest absolute Gasteiger partial charge is 0.493 e. The van der Waals surface area contributed by atoms with Crippen LogP contribution < -0.4 is 5.32 Å². The van der Waals surface area contributed by atoms with Crippen LogP contribution in [0.1, 0.15) is 43.2 Å². The zero-order chi connectivity index (χ0) is 29.6. The van der Waals surface area contributed by atoms with E-state index in [9.17, 15) is 36.2 Å². The summed E-state index contributed by atoms with van der Waals surface area (Å²) in [7, 11) is 0. The molecular formula is C25H24F6N4O5. The Morgan fingerprint density at radius 1 is 1.15 bits per heavy atom. The highest BCUT2D eigenvalue weighted by atomic mass is 19.4. The number of carbonyl (C=O) groups is 1. The molecule has 0 bridgehead atoms. The fraction of sp³-hybridized carbons (Fsp3) is 0.360. The molecule has 9 nitrogen and oxygen atoms in total. The summed E-state index contributed by atoms with van der Waals surface area (Å²) in [6, 6.07) is 8.22. The van der Waals surface area contributed by atoms with E-state index in [-0.39, 0.29) is 6.61 Å². The van der Waals surface area contributed by atoms with Gasteiger partial charge in [0.25, 0.3) is 11.8 Å². The summed E-state index contributed by atoms with van der Waals surface area (Å²) in [5.41, 5.74) is -5.90. The number of hydrogen-bond donors (Lipinski definition) is 2. The third-order valence-corrected chi connectivity index (χ3v) is 5.47. The number of benzene rings is 1. The molecule has 216 valence electrons. The van der Waals surface area contributed by atoms with Crippen molar-refractivity contribution in [3.8, 4) is 17.5 Å². The number of aromatic nitrogens is 3. The van der Waals surface area contributed by atoms with Crippen molar-refractivity contribution in [1.82, 2.24) is 15.2 Å². The summed E-state index contributed by atoms with van der Waals surface area (Å²) in [6.07, 6.45) is -10.2. The number of ether oxygens (including phenoxy) is 2. The predicted molar refractivity (Wildman–Crippen MR) is 128 cm³/mol. The highest BCUT2D eigenvalue weighted by Gasteiger charge is 2.60. The highest BCUT2D eigenvalue weighted by molar-refractivity contribution is 5.89. The molecule has 0 unspecified atom stereocenters. The maximum Gasteiger partial charge on any atom is 0.426 e. The minimum absolute atomic E-state index is 0.0611. The van der Waals surface area contributed by atoms with Gasteiger partial charge >= 0.3 is 18.4 Å². The van der Waals surface area contributed by atoms with Crippen LogP contribution in [-0.4, -0.2) is 39.2 Å². The number of alkyl halides is 6. The Hall–Kier alpha value is -4.14. The zero-order valence-electron chi connectivity index (χ0n) is 21.0. The first kappa shape index (κ1) is 30.4. The van der Waals surface area contributed by atoms with E-state index in [2.05, 4.69) is 21.8 Å². The first-order chi connectivity index (χ1) is 18.8. The number of halogens is 6. The number of pyridine rings is 1. The second kappa shape index (κ2) is 12.4. The number of carbonyl (C=O) groups excluding carboxylic acids is 1. The minimum atomic E-state index is -5.13. The van der Waals surface area contributed by atoms with E-state index in [1.807, 2.05) is 12.2 Å². The molecule has 0 saturated heterocycles. The monoisotopic (exact) mass is 574 g/mol. The molecule has 3 aromatic rings. The van der Waals surface area contributed by atoms with E-state index >= 15 is 0 Å². The van der Waals surface area contributed by atoms with E-state index < -0.39 is 71.7 Å². The summed E-state index contributed by atoms with van der Waals surface area (Å²) in [6.45, 7) is 4.56. The van der Waals surface area contributed by atoms with Gasteiger partial charge in [-0.15, -0.1) is 16.8 Å². The Morgan fingerprint density at radius 3 is 2.45 bits per heavy atom. The molecule has 0 aliphatic rings. The molecule has 0 radical (unpaired) electrons. The number of unbranched alkanes of at least 4 members (excludes halogenated alkanes) is 1. The van der Waals surface area contributed by atoms with Crippen LogP contribution in [0.5, 0.6) is 5.88 Å². The van der Waals surface area contributed by atoms with Gasteiger partial charge in [-0.3, -0.25) is 5.32 Å². The van der Waals surface area contributed by atoms with Crippen LogP contribution in [0.25, 0.3) is 11.6 Å². The third kappa shape index (κ3) is 6.89. The summed E-state index contributed by atoms with van der Waals surface area (Å²) in [4.78, 5) is 15.5. The molecule has 2 heterocycles. The van der Waals surface area contributed by atoms with Crippen molar-refractivity contribution in [2.45, 2.75) is 50.7 Å². The van der Waals surface area contributed by atoms with E-state index in [1.54, 1.807) is 18.2 Å². The van der Waals surface area contributed by atoms with Crippen molar-refractivity contribution in [2.75, 3.05) is 11.9 Å². The molecule has 0 saturated carbocycles. The van der Waals surface area contributed by atoms with Gasteiger partial charge in [-0.05, 0) is 18.1 Å². The Bertz CT molecular complexity index is 1310. The minimum Gasteiger partial charge on any atom is -0.493 e. The zero-order valence-corrected chi connectivity index (χ0v) is 21.0. The van der Waals surface area contributed by atoms with Crippen LogP contribution in [-0.2, 0) is 27.9 Å². The van der Waals surface area contributed by atoms with Crippen LogP contribution in [0.2, 0.25) is 0 Å². The molecule has 0 fully saturated rings. The second-order valence-electron chi connectivity index (χ2n) is 8.37. The lowest BCUT2D eigenvalue weighted by atomic mass is 9.98. The molecule has 0 aliphatic carbocycles. The van der Waals surface area contributed by atoms with Gasteiger partial charge < -0.3 is 19.0 Å². The predicted octanol–water partition coefficient (Wildman–Crippen LogP) is 6.76. The Morgan fingerprint density at radius 2 is 1.85 bits per heavy atom. The molecule has 0 aliphatic heterocycles. The van der Waals surface area contributed by atoms with Gasteiger partial charge in [0.15, 0.2) is 5.69 Å². The molecule has 3 rings (SSSR count). The molecular weight excluding hydrogens is 550 g/mol. The van der Waals surface area contributed by atoms with E-state index in [1.165, 1.54) is 12.1 Å². The molecule has 0 spiro atoms. The number of anilines is 1. The van der Waals surface area contributed by atoms with Gasteiger partial charge in [-0.1, -0.05) is 49.8 Å². The van der Waals surface area contributed by atoms with Crippen molar-refractivity contribution >= 4 is 11.8 Å². The van der Waals surface area contributed by atoms with Gasteiger partial charge in [-0.2, -0.15) is 26.3 Å². The number of aromatic hydroxyl groups is 1. The topological polar surface area (TPSA) is 120 Å². The maximum atomic E-state index is 14.5. The van der Waals surface area contributed by atoms with Crippen LogP contribution in [0.3, 0.4) is 0 Å². The van der Waals surface area contributed by atoms with Gasteiger partial charge in [0.1, 0.15) is 5.56 Å². The lowest BCUT2D eigenvalue weighted by molar-refractivity contribution is -0.295. The number of nitrogens with one attached hydrogen (secondary N) is 1. The van der Waals surface area contributed by atoms with Gasteiger partial charge in [0.2, 0.25) is 11.5 Å². The fourth-order valence-corrected chi connectivity index (χ4v) is 3.42. The van der Waals surface area contributed by atoms with Crippen molar-refractivity contribution in [3.63, 3.8) is 0 Å². The molecule has 1 aromatic carbocycles. The lowest BCUT2D eigenvalue weighted by Crippen LogP contribution is -2.45. The normalized spacial score (nSPS) is 13.5. The average Bonchev–Trinajstić information content (AvgIpc) is 3.37. The summed E-state index contributed by atoms with van der Waals surface area (Å²) in [5.74, 6) is -3.49. The molecule has 1 atom stereocenters. The highest BCUT2D eigenvalue weighted by Crippen LogP contribution is 2.46. The van der Waals surface area contributed by atoms with E-state index in [0.29, 0.717) is 24.5 Å². The Balaban J connectivity index is 2.08. The van der Waals surface area contributed by atoms with E-state index in [0.717, 1.165) is 6.08 Å². The van der Waals surface area contributed by atoms with Crippen LogP contribution in [0.15, 0.2) is 53.5 Å². The molecule has 15 heteroatoms. The maximum absolute atomic E-state index is 14.5. The number of amides is 1. The summed E-state index contributed by atoms with van der Waals surface area (Å²) < 4.78 is 99.0. The quantitative estimate of drug-likeness (QED) is 0.147. The first-order valence-electron chi connectivity index (χ1n) is 11.8. The molecule has 2 N–H and O–H groups in total.